The van der Waals surface area contributed by atoms with Crippen molar-refractivity contribution in [2.45, 2.75) is 65.0 Å². The summed E-state index contributed by atoms with van der Waals surface area (Å²) in [7, 11) is 1.68. The van der Waals surface area contributed by atoms with Gasteiger partial charge in [-0.05, 0) is 25.7 Å². The molecule has 132 valence electrons. The van der Waals surface area contributed by atoms with Crippen LogP contribution in [0.5, 0.6) is 0 Å². The molecule has 0 aliphatic rings. The van der Waals surface area contributed by atoms with Crippen LogP contribution in [0.4, 0.5) is 0 Å². The number of aromatic nitrogens is 4. The van der Waals surface area contributed by atoms with Crippen molar-refractivity contribution in [2.24, 2.45) is 7.05 Å². The Kier molecular flexibility index (Phi) is 6.58. The molecule has 2 aromatic heterocycles. The van der Waals surface area contributed by atoms with Crippen LogP contribution in [0.2, 0.25) is 0 Å². The number of imidazole rings is 1. The highest BCUT2D eigenvalue weighted by Crippen LogP contribution is 2.09. The molecule has 0 saturated carbocycles. The molecule has 0 radical (unpaired) electrons. The number of fused-ring (bicyclic) bond motifs is 1. The molecule has 6 nitrogen and oxygen atoms in total. The number of nitrogens with zero attached hydrogens (tertiary/aromatic N) is 4. The predicted molar refractivity (Wildman–Crippen MR) is 97.4 cm³/mol. The van der Waals surface area contributed by atoms with Crippen molar-refractivity contribution in [1.82, 2.24) is 18.7 Å². The molecule has 0 spiro atoms. The zero-order chi connectivity index (χ0) is 17.5. The van der Waals surface area contributed by atoms with Crippen LogP contribution in [0.3, 0.4) is 0 Å². The van der Waals surface area contributed by atoms with Crippen LogP contribution in [0.15, 0.2) is 28.6 Å². The van der Waals surface area contributed by atoms with E-state index in [0.29, 0.717) is 17.7 Å². The minimum Gasteiger partial charge on any atom is -0.325 e. The highest BCUT2D eigenvalue weighted by Gasteiger charge is 2.15. The first-order chi connectivity index (χ1) is 11.6. The van der Waals surface area contributed by atoms with Gasteiger partial charge in [0, 0.05) is 20.1 Å². The number of aryl methyl sites for hydroxylation is 2. The Balaban J connectivity index is 2.32. The molecule has 0 bridgehead atoms. The predicted octanol–water partition coefficient (Wildman–Crippen LogP) is 2.83. The molecule has 0 fully saturated rings. The van der Waals surface area contributed by atoms with Gasteiger partial charge in [-0.3, -0.25) is 13.9 Å². The van der Waals surface area contributed by atoms with Crippen LogP contribution >= 0.6 is 0 Å². The van der Waals surface area contributed by atoms with E-state index < -0.39 is 0 Å². The molecule has 0 saturated heterocycles. The average Bonchev–Trinajstić information content (AvgIpc) is 3.00. The van der Waals surface area contributed by atoms with Crippen molar-refractivity contribution in [3.8, 4) is 0 Å². The van der Waals surface area contributed by atoms with Gasteiger partial charge >= 0.3 is 5.69 Å². The fourth-order valence-corrected chi connectivity index (χ4v) is 2.96. The molecule has 0 aliphatic carbocycles. The second-order valence-corrected chi connectivity index (χ2v) is 6.25. The van der Waals surface area contributed by atoms with Gasteiger partial charge in [0.15, 0.2) is 11.2 Å². The number of hydrogen-bond donors (Lipinski definition) is 0. The van der Waals surface area contributed by atoms with E-state index in [-0.39, 0.29) is 11.2 Å². The SMILES string of the molecule is C=CCCCCn1c(=O)c2c(ncn2CCCCCC)n(C)c1=O. The molecule has 0 unspecified atom stereocenters. The molecule has 24 heavy (non-hydrogen) atoms. The van der Waals surface area contributed by atoms with Crippen LogP contribution in [-0.2, 0) is 20.1 Å². The summed E-state index contributed by atoms with van der Waals surface area (Å²) in [6.07, 6.45) is 10.7. The summed E-state index contributed by atoms with van der Waals surface area (Å²) in [6.45, 7) is 7.07. The Morgan fingerprint density at radius 1 is 1.12 bits per heavy atom. The molecule has 0 N–H and O–H groups in total. The third-order valence-electron chi connectivity index (χ3n) is 4.39. The van der Waals surface area contributed by atoms with Crippen LogP contribution in [0, 0.1) is 0 Å². The molecule has 0 aliphatic heterocycles. The highest BCUT2D eigenvalue weighted by molar-refractivity contribution is 5.69. The van der Waals surface area contributed by atoms with Gasteiger partial charge in [0.1, 0.15) is 0 Å². The lowest BCUT2D eigenvalue weighted by atomic mass is 10.2. The largest absolute Gasteiger partial charge is 0.332 e. The monoisotopic (exact) mass is 332 g/mol. The quantitative estimate of drug-likeness (QED) is 0.496. The zero-order valence-electron chi connectivity index (χ0n) is 14.8. The summed E-state index contributed by atoms with van der Waals surface area (Å²) in [5, 5.41) is 0. The van der Waals surface area contributed by atoms with Crippen molar-refractivity contribution < 1.29 is 0 Å². The Morgan fingerprint density at radius 2 is 1.88 bits per heavy atom. The van der Waals surface area contributed by atoms with Gasteiger partial charge in [-0.15, -0.1) is 6.58 Å². The van der Waals surface area contributed by atoms with Gasteiger partial charge in [-0.2, -0.15) is 0 Å². The van der Waals surface area contributed by atoms with E-state index in [4.69, 9.17) is 0 Å². The number of hydrogen-bond acceptors (Lipinski definition) is 3. The first kappa shape index (κ1) is 18.2. The summed E-state index contributed by atoms with van der Waals surface area (Å²) in [5.41, 5.74) is 0.502. The lowest BCUT2D eigenvalue weighted by molar-refractivity contribution is 0.551. The van der Waals surface area contributed by atoms with E-state index in [1.807, 2.05) is 10.6 Å². The maximum absolute atomic E-state index is 12.8. The summed E-state index contributed by atoms with van der Waals surface area (Å²) in [4.78, 5) is 29.5. The van der Waals surface area contributed by atoms with Crippen LogP contribution in [0.25, 0.3) is 11.2 Å². The van der Waals surface area contributed by atoms with Crippen LogP contribution in [0.1, 0.15) is 51.9 Å². The summed E-state index contributed by atoms with van der Waals surface area (Å²) in [5.74, 6) is 0. The fraction of sp³-hybridized carbons (Fsp3) is 0.611. The lowest BCUT2D eigenvalue weighted by Gasteiger charge is -2.09. The summed E-state index contributed by atoms with van der Waals surface area (Å²) < 4.78 is 4.72. The van der Waals surface area contributed by atoms with Crippen molar-refractivity contribution in [1.29, 1.82) is 0 Å². The maximum atomic E-state index is 12.8. The third-order valence-corrected chi connectivity index (χ3v) is 4.39. The average molecular weight is 332 g/mol. The van der Waals surface area contributed by atoms with E-state index in [0.717, 1.165) is 38.6 Å². The smallest absolute Gasteiger partial charge is 0.325 e. The van der Waals surface area contributed by atoms with Crippen LogP contribution in [-0.4, -0.2) is 18.7 Å². The molecule has 0 atom stereocenters. The summed E-state index contributed by atoms with van der Waals surface area (Å²) in [6, 6.07) is 0. The van der Waals surface area contributed by atoms with Gasteiger partial charge in [-0.25, -0.2) is 9.78 Å². The molecule has 0 amide bonds. The van der Waals surface area contributed by atoms with E-state index in [9.17, 15) is 9.59 Å². The third kappa shape index (κ3) is 3.86. The molecular formula is C18H28N4O2. The topological polar surface area (TPSA) is 61.8 Å². The lowest BCUT2D eigenvalue weighted by Crippen LogP contribution is -2.39. The van der Waals surface area contributed by atoms with Gasteiger partial charge in [0.25, 0.3) is 5.56 Å². The van der Waals surface area contributed by atoms with Gasteiger partial charge in [0.2, 0.25) is 0 Å². The second kappa shape index (κ2) is 8.66. The van der Waals surface area contributed by atoms with Gasteiger partial charge < -0.3 is 4.57 Å². The van der Waals surface area contributed by atoms with Crippen molar-refractivity contribution in [2.75, 3.05) is 0 Å². The second-order valence-electron chi connectivity index (χ2n) is 6.25. The summed E-state index contributed by atoms with van der Waals surface area (Å²) >= 11 is 0. The highest BCUT2D eigenvalue weighted by atomic mass is 16.2. The van der Waals surface area contributed by atoms with Crippen molar-refractivity contribution in [3.05, 3.63) is 39.8 Å². The Morgan fingerprint density at radius 3 is 2.58 bits per heavy atom. The van der Waals surface area contributed by atoms with Crippen LogP contribution < -0.4 is 11.2 Å². The zero-order valence-corrected chi connectivity index (χ0v) is 14.8. The van der Waals surface area contributed by atoms with E-state index >= 15 is 0 Å². The van der Waals surface area contributed by atoms with Gasteiger partial charge in [0.05, 0.1) is 6.33 Å². The Labute approximate surface area is 142 Å². The first-order valence-electron chi connectivity index (χ1n) is 8.87. The minimum absolute atomic E-state index is 0.223. The maximum Gasteiger partial charge on any atom is 0.332 e. The molecule has 0 aromatic carbocycles. The molecule has 2 heterocycles. The molecule has 2 rings (SSSR count). The van der Waals surface area contributed by atoms with Crippen molar-refractivity contribution >= 4 is 11.2 Å². The Bertz CT molecular complexity index is 798. The van der Waals surface area contributed by atoms with Crippen molar-refractivity contribution in [3.63, 3.8) is 0 Å². The van der Waals surface area contributed by atoms with E-state index in [2.05, 4.69) is 18.5 Å². The molecular weight excluding hydrogens is 304 g/mol. The normalized spacial score (nSPS) is 11.2. The molecule has 2 aromatic rings. The number of unbranched alkanes of at least 4 members (excludes halogenated alkanes) is 5. The molecule has 6 heteroatoms. The Hall–Kier alpha value is -2.11. The van der Waals surface area contributed by atoms with Gasteiger partial charge in [-0.1, -0.05) is 32.3 Å². The number of allylic oxidation sites excluding steroid dienone is 1. The first-order valence-corrected chi connectivity index (χ1v) is 8.87. The van der Waals surface area contributed by atoms with E-state index in [1.54, 1.807) is 13.4 Å². The fourth-order valence-electron chi connectivity index (χ4n) is 2.96. The standard InChI is InChI=1S/C18H28N4O2/c1-4-6-8-10-12-21-14-19-16-15(21)17(23)22(18(24)20(16)3)13-11-9-7-5-2/h5,14H,2,4,6-13H2,1,3H3. The van der Waals surface area contributed by atoms with E-state index in [1.165, 1.54) is 22.0 Å². The number of rotatable bonds is 10. The minimum atomic E-state index is -0.290.